The third kappa shape index (κ3) is 4.19. The van der Waals surface area contributed by atoms with Crippen molar-refractivity contribution in [1.82, 2.24) is 0 Å². The molecule has 0 aliphatic heterocycles. The van der Waals surface area contributed by atoms with Gasteiger partial charge >= 0.3 is 0 Å². The molecule has 2 heteroatoms. The van der Waals surface area contributed by atoms with Gasteiger partial charge in [0, 0.05) is 23.1 Å². The molecule has 0 aromatic heterocycles. The number of hydrogen-bond acceptors (Lipinski definition) is 2. The second-order valence-electron chi connectivity index (χ2n) is 5.18. The first-order valence-electron chi connectivity index (χ1n) is 6.51. The smallest absolute Gasteiger partial charge is 0.0305 e. The summed E-state index contributed by atoms with van der Waals surface area (Å²) in [7, 11) is 0. The molecule has 2 rings (SSSR count). The summed E-state index contributed by atoms with van der Waals surface area (Å²) in [5, 5.41) is 0. The summed E-state index contributed by atoms with van der Waals surface area (Å²) in [6.45, 7) is 4.47. The molecule has 17 heavy (non-hydrogen) atoms. The van der Waals surface area contributed by atoms with E-state index in [0.717, 1.165) is 5.92 Å². The van der Waals surface area contributed by atoms with Crippen LogP contribution in [0.25, 0.3) is 0 Å². The van der Waals surface area contributed by atoms with Gasteiger partial charge in [0.1, 0.15) is 0 Å². The van der Waals surface area contributed by atoms with Gasteiger partial charge in [0.15, 0.2) is 0 Å². The Bertz CT molecular complexity index is 361. The predicted octanol–water partition coefficient (Wildman–Crippen LogP) is 4.90. The van der Waals surface area contributed by atoms with Gasteiger partial charge < -0.3 is 0 Å². The lowest BCUT2D eigenvalue weighted by Crippen LogP contribution is -2.12. The topological polar surface area (TPSA) is 12.4 Å². The molecule has 1 nitrogen and oxygen atoms in total. The number of rotatable bonds is 3. The number of nitrogens with zero attached hydrogens (tertiary/aromatic N) is 1. The maximum atomic E-state index is 4.51. The van der Waals surface area contributed by atoms with Crippen LogP contribution in [0.1, 0.15) is 38.2 Å². The van der Waals surface area contributed by atoms with E-state index in [1.165, 1.54) is 36.1 Å². The molecule has 0 unspecified atom stereocenters. The zero-order chi connectivity index (χ0) is 12.1. The lowest BCUT2D eigenvalue weighted by Gasteiger charge is -2.22. The van der Waals surface area contributed by atoms with Crippen molar-refractivity contribution in [3.63, 3.8) is 0 Å². The van der Waals surface area contributed by atoms with Crippen LogP contribution in [-0.2, 0) is 0 Å². The molecule has 0 bridgehead atoms. The van der Waals surface area contributed by atoms with Gasteiger partial charge in [0.2, 0.25) is 0 Å². The first-order chi connectivity index (χ1) is 8.24. The van der Waals surface area contributed by atoms with Gasteiger partial charge in [0.25, 0.3) is 0 Å². The van der Waals surface area contributed by atoms with Crippen LogP contribution in [0.4, 0.5) is 0 Å². The molecule has 0 heterocycles. The average molecular weight is 247 g/mol. The van der Waals surface area contributed by atoms with Crippen LogP contribution in [0.15, 0.2) is 33.6 Å². The van der Waals surface area contributed by atoms with E-state index in [1.807, 2.05) is 0 Å². The van der Waals surface area contributed by atoms with Crippen LogP contribution in [0, 0.1) is 18.8 Å². The van der Waals surface area contributed by atoms with Crippen molar-refractivity contribution >= 4 is 18.2 Å². The summed E-state index contributed by atoms with van der Waals surface area (Å²) >= 11 is 1.59. The maximum Gasteiger partial charge on any atom is 0.0305 e. The summed E-state index contributed by atoms with van der Waals surface area (Å²) in [6.07, 6.45) is 7.53. The van der Waals surface area contributed by atoms with Gasteiger partial charge in [0.05, 0.1) is 0 Å². The minimum Gasteiger partial charge on any atom is -0.224 e. The molecule has 1 aromatic rings. The maximum absolute atomic E-state index is 4.51. The van der Waals surface area contributed by atoms with E-state index in [9.17, 15) is 0 Å². The van der Waals surface area contributed by atoms with E-state index in [4.69, 9.17) is 0 Å². The number of benzene rings is 1. The Labute approximate surface area is 109 Å². The van der Waals surface area contributed by atoms with Crippen molar-refractivity contribution in [3.8, 4) is 0 Å². The average Bonchev–Trinajstić information content (AvgIpc) is 2.34. The predicted molar refractivity (Wildman–Crippen MR) is 76.7 cm³/mol. The lowest BCUT2D eigenvalue weighted by atomic mass is 9.84. The van der Waals surface area contributed by atoms with Gasteiger partial charge in [-0.3, -0.25) is 0 Å². The van der Waals surface area contributed by atoms with Crippen LogP contribution in [0.3, 0.4) is 0 Å². The Morgan fingerprint density at radius 2 is 1.76 bits per heavy atom. The van der Waals surface area contributed by atoms with Gasteiger partial charge in [-0.15, -0.1) is 0 Å². The van der Waals surface area contributed by atoms with E-state index >= 15 is 0 Å². The van der Waals surface area contributed by atoms with Crippen molar-refractivity contribution in [2.45, 2.75) is 44.4 Å². The van der Waals surface area contributed by atoms with Crippen molar-refractivity contribution in [1.29, 1.82) is 0 Å². The highest BCUT2D eigenvalue weighted by atomic mass is 32.2. The third-order valence-corrected chi connectivity index (χ3v) is 4.22. The van der Waals surface area contributed by atoms with Crippen molar-refractivity contribution < 1.29 is 0 Å². The van der Waals surface area contributed by atoms with Crippen LogP contribution in [0.2, 0.25) is 0 Å². The molecule has 1 fully saturated rings. The molecule has 0 atom stereocenters. The summed E-state index contributed by atoms with van der Waals surface area (Å²) in [5.74, 6) is 1.63. The first kappa shape index (κ1) is 12.7. The molecule has 0 amide bonds. The zero-order valence-corrected chi connectivity index (χ0v) is 11.5. The van der Waals surface area contributed by atoms with Crippen molar-refractivity contribution in [3.05, 3.63) is 29.8 Å². The number of hydrogen-bond donors (Lipinski definition) is 0. The molecule has 1 aromatic carbocycles. The second-order valence-corrected chi connectivity index (χ2v) is 6.04. The summed E-state index contributed by atoms with van der Waals surface area (Å²) in [6, 6.07) is 8.56. The molecular formula is C15H21NS. The van der Waals surface area contributed by atoms with Gasteiger partial charge in [-0.05, 0) is 43.7 Å². The first-order valence-corrected chi connectivity index (χ1v) is 7.28. The van der Waals surface area contributed by atoms with E-state index < -0.39 is 0 Å². The Balaban J connectivity index is 1.79. The standard InChI is InChI=1S/C15H21NS/c1-12-3-7-14(8-4-12)11-16-17-15-9-5-13(2)6-10-15/h5-6,9-12,14H,3-4,7-8H2,1-2H3. The summed E-state index contributed by atoms with van der Waals surface area (Å²) < 4.78 is 4.51. The largest absolute Gasteiger partial charge is 0.224 e. The fourth-order valence-electron chi connectivity index (χ4n) is 2.21. The van der Waals surface area contributed by atoms with Gasteiger partial charge in [-0.2, -0.15) is 0 Å². The summed E-state index contributed by atoms with van der Waals surface area (Å²) in [5.41, 5.74) is 1.31. The minimum atomic E-state index is 0.712. The Morgan fingerprint density at radius 3 is 2.41 bits per heavy atom. The van der Waals surface area contributed by atoms with E-state index in [0.29, 0.717) is 5.92 Å². The second kappa shape index (κ2) is 6.25. The molecule has 1 aliphatic rings. The van der Waals surface area contributed by atoms with E-state index in [2.05, 4.69) is 48.7 Å². The highest BCUT2D eigenvalue weighted by Crippen LogP contribution is 2.28. The molecule has 0 saturated heterocycles. The van der Waals surface area contributed by atoms with Crippen molar-refractivity contribution in [2.24, 2.45) is 16.2 Å². The Morgan fingerprint density at radius 1 is 1.12 bits per heavy atom. The summed E-state index contributed by atoms with van der Waals surface area (Å²) in [4.78, 5) is 1.23. The molecule has 92 valence electrons. The van der Waals surface area contributed by atoms with E-state index in [1.54, 1.807) is 11.9 Å². The lowest BCUT2D eigenvalue weighted by molar-refractivity contribution is 0.347. The molecule has 0 spiro atoms. The normalized spacial score (nSPS) is 25.3. The van der Waals surface area contributed by atoms with Gasteiger partial charge in [-0.1, -0.05) is 37.5 Å². The van der Waals surface area contributed by atoms with Crippen LogP contribution in [0.5, 0.6) is 0 Å². The third-order valence-electron chi connectivity index (χ3n) is 3.51. The highest BCUT2D eigenvalue weighted by Gasteiger charge is 2.16. The monoisotopic (exact) mass is 247 g/mol. The number of aryl methyl sites for hydroxylation is 1. The van der Waals surface area contributed by atoms with Gasteiger partial charge in [-0.25, -0.2) is 4.40 Å². The minimum absolute atomic E-state index is 0.712. The fourth-order valence-corrected chi connectivity index (χ4v) is 2.82. The molecule has 1 saturated carbocycles. The SMILES string of the molecule is Cc1ccc(SN=CC2CCC(C)CC2)cc1. The Kier molecular flexibility index (Phi) is 4.66. The molecular weight excluding hydrogens is 226 g/mol. The highest BCUT2D eigenvalue weighted by molar-refractivity contribution is 7.98. The molecule has 0 N–H and O–H groups in total. The molecule has 0 radical (unpaired) electrons. The fraction of sp³-hybridized carbons (Fsp3) is 0.533. The van der Waals surface area contributed by atoms with Crippen LogP contribution < -0.4 is 0 Å². The van der Waals surface area contributed by atoms with Crippen LogP contribution >= 0.6 is 11.9 Å². The van der Waals surface area contributed by atoms with Crippen molar-refractivity contribution in [2.75, 3.05) is 0 Å². The quantitative estimate of drug-likeness (QED) is 0.546. The Hall–Kier alpha value is -0.760. The van der Waals surface area contributed by atoms with E-state index in [-0.39, 0.29) is 0 Å². The van der Waals surface area contributed by atoms with Crippen LogP contribution in [-0.4, -0.2) is 6.21 Å². The zero-order valence-electron chi connectivity index (χ0n) is 10.7. The molecule has 1 aliphatic carbocycles.